The van der Waals surface area contributed by atoms with E-state index in [0.717, 1.165) is 3.57 Å². The standard InChI is InChI=1S/C14H12INO3/c1-18-14(17)10-8-9(16)6-7-12(10)19-13-5-3-2-4-11(13)15/h2-8H,16H2,1H3. The first kappa shape index (κ1) is 13.7. The van der Waals surface area contributed by atoms with E-state index in [2.05, 4.69) is 22.6 Å². The molecule has 0 spiro atoms. The monoisotopic (exact) mass is 369 g/mol. The van der Waals surface area contributed by atoms with Gasteiger partial charge in [0.05, 0.1) is 10.7 Å². The lowest BCUT2D eigenvalue weighted by molar-refractivity contribution is 0.0598. The van der Waals surface area contributed by atoms with Gasteiger partial charge in [-0.25, -0.2) is 4.79 Å². The topological polar surface area (TPSA) is 61.5 Å². The van der Waals surface area contributed by atoms with E-state index in [4.69, 9.17) is 15.2 Å². The van der Waals surface area contributed by atoms with E-state index in [9.17, 15) is 4.79 Å². The molecular weight excluding hydrogens is 357 g/mol. The Morgan fingerprint density at radius 1 is 1.16 bits per heavy atom. The van der Waals surface area contributed by atoms with Gasteiger partial charge in [0.15, 0.2) is 0 Å². The molecule has 0 radical (unpaired) electrons. The molecule has 0 heterocycles. The summed E-state index contributed by atoms with van der Waals surface area (Å²) in [4.78, 5) is 11.7. The summed E-state index contributed by atoms with van der Waals surface area (Å²) in [6.07, 6.45) is 0. The number of anilines is 1. The van der Waals surface area contributed by atoms with Crippen molar-refractivity contribution in [1.82, 2.24) is 0 Å². The van der Waals surface area contributed by atoms with Crippen molar-refractivity contribution in [3.05, 3.63) is 51.6 Å². The fourth-order valence-electron chi connectivity index (χ4n) is 1.55. The molecule has 19 heavy (non-hydrogen) atoms. The minimum absolute atomic E-state index is 0.308. The molecule has 0 aliphatic carbocycles. The predicted molar refractivity (Wildman–Crippen MR) is 81.4 cm³/mol. The molecule has 0 saturated heterocycles. The zero-order valence-electron chi connectivity index (χ0n) is 10.2. The van der Waals surface area contributed by atoms with Crippen molar-refractivity contribution in [2.45, 2.75) is 0 Å². The molecule has 0 amide bonds. The largest absolute Gasteiger partial charge is 0.465 e. The van der Waals surface area contributed by atoms with Crippen LogP contribution >= 0.6 is 22.6 Å². The maximum absolute atomic E-state index is 11.7. The molecule has 2 rings (SSSR count). The molecule has 5 heteroatoms. The first-order valence-corrected chi connectivity index (χ1v) is 6.60. The number of carbonyl (C=O) groups excluding carboxylic acids is 1. The molecular formula is C14H12INO3. The maximum Gasteiger partial charge on any atom is 0.341 e. The lowest BCUT2D eigenvalue weighted by atomic mass is 10.2. The van der Waals surface area contributed by atoms with Crippen LogP contribution in [-0.4, -0.2) is 13.1 Å². The molecule has 4 nitrogen and oxygen atoms in total. The van der Waals surface area contributed by atoms with Gasteiger partial charge in [-0.15, -0.1) is 0 Å². The van der Waals surface area contributed by atoms with E-state index in [-0.39, 0.29) is 0 Å². The number of esters is 1. The van der Waals surface area contributed by atoms with Gasteiger partial charge >= 0.3 is 5.97 Å². The first-order chi connectivity index (χ1) is 9.11. The summed E-state index contributed by atoms with van der Waals surface area (Å²) in [6, 6.07) is 12.4. The summed E-state index contributed by atoms with van der Waals surface area (Å²) in [5.41, 5.74) is 6.47. The van der Waals surface area contributed by atoms with E-state index in [1.54, 1.807) is 12.1 Å². The van der Waals surface area contributed by atoms with Gasteiger partial charge in [-0.2, -0.15) is 0 Å². The van der Waals surface area contributed by atoms with E-state index in [1.807, 2.05) is 24.3 Å². The van der Waals surface area contributed by atoms with Crippen LogP contribution < -0.4 is 10.5 Å². The number of hydrogen-bond acceptors (Lipinski definition) is 4. The van der Waals surface area contributed by atoms with Gasteiger partial charge in [-0.1, -0.05) is 12.1 Å². The van der Waals surface area contributed by atoms with E-state index in [0.29, 0.717) is 22.7 Å². The van der Waals surface area contributed by atoms with Crippen molar-refractivity contribution >= 4 is 34.2 Å². The fourth-order valence-corrected chi connectivity index (χ4v) is 2.05. The SMILES string of the molecule is COC(=O)c1cc(N)ccc1Oc1ccccc1I. The first-order valence-electron chi connectivity index (χ1n) is 5.52. The minimum Gasteiger partial charge on any atom is -0.465 e. The highest BCUT2D eigenvalue weighted by atomic mass is 127. The molecule has 2 N–H and O–H groups in total. The number of carbonyl (C=O) groups is 1. The van der Waals surface area contributed by atoms with E-state index in [1.165, 1.54) is 13.2 Å². The Hall–Kier alpha value is -1.76. The Balaban J connectivity index is 2.40. The third kappa shape index (κ3) is 3.17. The molecule has 0 aliphatic heterocycles. The minimum atomic E-state index is -0.478. The lowest BCUT2D eigenvalue weighted by Crippen LogP contribution is -2.05. The molecule has 0 saturated carbocycles. The second-order valence-electron chi connectivity index (χ2n) is 3.78. The van der Waals surface area contributed by atoms with Crippen molar-refractivity contribution in [1.29, 1.82) is 0 Å². The molecule has 0 atom stereocenters. The van der Waals surface area contributed by atoms with Crippen LogP contribution in [0.15, 0.2) is 42.5 Å². The molecule has 0 bridgehead atoms. The van der Waals surface area contributed by atoms with Gasteiger partial charge in [0.25, 0.3) is 0 Å². The van der Waals surface area contributed by atoms with Gasteiger partial charge < -0.3 is 15.2 Å². The van der Waals surface area contributed by atoms with Crippen molar-refractivity contribution in [3.8, 4) is 11.5 Å². The van der Waals surface area contributed by atoms with Crippen LogP contribution in [0.1, 0.15) is 10.4 Å². The lowest BCUT2D eigenvalue weighted by Gasteiger charge is -2.11. The number of para-hydroxylation sites is 1. The van der Waals surface area contributed by atoms with Gasteiger partial charge in [-0.3, -0.25) is 0 Å². The number of rotatable bonds is 3. The summed E-state index contributed by atoms with van der Waals surface area (Å²) in [5, 5.41) is 0. The maximum atomic E-state index is 11.7. The van der Waals surface area contributed by atoms with E-state index >= 15 is 0 Å². The van der Waals surface area contributed by atoms with Crippen LogP contribution in [0, 0.1) is 3.57 Å². The predicted octanol–water partition coefficient (Wildman–Crippen LogP) is 3.45. The highest BCUT2D eigenvalue weighted by molar-refractivity contribution is 14.1. The van der Waals surface area contributed by atoms with Gasteiger partial charge in [0.2, 0.25) is 0 Å². The Bertz CT molecular complexity index is 613. The molecule has 2 aromatic carbocycles. The van der Waals surface area contributed by atoms with Crippen LogP contribution in [0.2, 0.25) is 0 Å². The molecule has 98 valence electrons. The summed E-state index contributed by atoms with van der Waals surface area (Å²) in [7, 11) is 1.32. The van der Waals surface area contributed by atoms with Crippen molar-refractivity contribution < 1.29 is 14.3 Å². The van der Waals surface area contributed by atoms with Crippen LogP contribution in [0.3, 0.4) is 0 Å². The zero-order chi connectivity index (χ0) is 13.8. The third-order valence-electron chi connectivity index (χ3n) is 2.47. The zero-order valence-corrected chi connectivity index (χ0v) is 12.4. The van der Waals surface area contributed by atoms with Gasteiger partial charge in [0, 0.05) is 5.69 Å². The average Bonchev–Trinajstić information content (AvgIpc) is 2.42. The Labute approximate surface area is 124 Å². The average molecular weight is 369 g/mol. The number of methoxy groups -OCH3 is 1. The summed E-state index contributed by atoms with van der Waals surface area (Å²) in [5.74, 6) is 0.622. The molecule has 0 fully saturated rings. The molecule has 0 aromatic heterocycles. The highest BCUT2D eigenvalue weighted by Gasteiger charge is 2.15. The smallest absolute Gasteiger partial charge is 0.341 e. The van der Waals surface area contributed by atoms with Crippen molar-refractivity contribution in [3.63, 3.8) is 0 Å². The summed E-state index contributed by atoms with van der Waals surface area (Å²) in [6.45, 7) is 0. The second kappa shape index (κ2) is 5.92. The van der Waals surface area contributed by atoms with Gasteiger partial charge in [-0.05, 0) is 52.9 Å². The number of halogens is 1. The molecule has 0 unspecified atom stereocenters. The van der Waals surface area contributed by atoms with Crippen LogP contribution in [0.5, 0.6) is 11.5 Å². The number of hydrogen-bond donors (Lipinski definition) is 1. The Morgan fingerprint density at radius 2 is 1.89 bits per heavy atom. The van der Waals surface area contributed by atoms with Crippen molar-refractivity contribution in [2.75, 3.05) is 12.8 Å². The van der Waals surface area contributed by atoms with Crippen LogP contribution in [0.25, 0.3) is 0 Å². The number of nitrogens with two attached hydrogens (primary N) is 1. The molecule has 2 aromatic rings. The summed E-state index contributed by atoms with van der Waals surface area (Å²) >= 11 is 2.17. The Morgan fingerprint density at radius 3 is 2.58 bits per heavy atom. The number of nitrogen functional groups attached to an aromatic ring is 1. The van der Waals surface area contributed by atoms with Crippen LogP contribution in [0.4, 0.5) is 5.69 Å². The fraction of sp³-hybridized carbons (Fsp3) is 0.0714. The van der Waals surface area contributed by atoms with Crippen LogP contribution in [-0.2, 0) is 4.74 Å². The van der Waals surface area contributed by atoms with Crippen molar-refractivity contribution in [2.24, 2.45) is 0 Å². The van der Waals surface area contributed by atoms with E-state index < -0.39 is 5.97 Å². The molecule has 0 aliphatic rings. The normalized spacial score (nSPS) is 10.0. The summed E-state index contributed by atoms with van der Waals surface area (Å²) < 4.78 is 11.4. The second-order valence-corrected chi connectivity index (χ2v) is 4.94. The van der Waals surface area contributed by atoms with Gasteiger partial charge in [0.1, 0.15) is 17.1 Å². The Kier molecular flexibility index (Phi) is 4.26. The quantitative estimate of drug-likeness (QED) is 0.512. The number of benzene rings is 2. The highest BCUT2D eigenvalue weighted by Crippen LogP contribution is 2.30. The number of ether oxygens (including phenoxy) is 2. The third-order valence-corrected chi connectivity index (χ3v) is 3.36.